The Hall–Kier alpha value is -2.62. The number of hydrogen-bond donors (Lipinski definition) is 1. The number of ether oxygens (including phenoxy) is 1. The molecule has 1 N–H and O–H groups in total. The summed E-state index contributed by atoms with van der Waals surface area (Å²) in [4.78, 5) is 22.5. The number of benzene rings is 2. The number of anilines is 1. The van der Waals surface area contributed by atoms with Crippen LogP contribution in [0.2, 0.25) is 0 Å². The second kappa shape index (κ2) is 7.09. The standard InChI is InChI=1S/C19H21NO3/c1-19(2,3)15-6-8-16(9-7-15)20-18(22)13-23-17-10-4-14(12-21)5-11-17/h4-12H,13H2,1-3H3,(H,20,22). The van der Waals surface area contributed by atoms with Crippen LogP contribution in [0.5, 0.6) is 5.75 Å². The molecule has 0 unspecified atom stereocenters. The van der Waals surface area contributed by atoms with Gasteiger partial charge >= 0.3 is 0 Å². The molecule has 0 fully saturated rings. The van der Waals surface area contributed by atoms with Gasteiger partial charge in [0, 0.05) is 11.3 Å². The quantitative estimate of drug-likeness (QED) is 0.854. The van der Waals surface area contributed by atoms with E-state index in [9.17, 15) is 9.59 Å². The molecule has 2 aromatic rings. The molecule has 4 nitrogen and oxygen atoms in total. The fourth-order valence-corrected chi connectivity index (χ4v) is 2.04. The first-order valence-electron chi connectivity index (χ1n) is 7.47. The second-order valence-corrected chi connectivity index (χ2v) is 6.35. The average Bonchev–Trinajstić information content (AvgIpc) is 2.53. The lowest BCUT2D eigenvalue weighted by Crippen LogP contribution is -2.20. The van der Waals surface area contributed by atoms with Crippen LogP contribution in [0, 0.1) is 0 Å². The normalized spacial score (nSPS) is 10.9. The summed E-state index contributed by atoms with van der Waals surface area (Å²) in [6, 6.07) is 14.4. The highest BCUT2D eigenvalue weighted by Gasteiger charge is 2.13. The molecule has 2 rings (SSSR count). The number of hydrogen-bond acceptors (Lipinski definition) is 3. The molecule has 0 saturated carbocycles. The Balaban J connectivity index is 1.87. The monoisotopic (exact) mass is 311 g/mol. The molecular formula is C19H21NO3. The highest BCUT2D eigenvalue weighted by Crippen LogP contribution is 2.23. The molecule has 120 valence electrons. The van der Waals surface area contributed by atoms with Crippen molar-refractivity contribution in [3.8, 4) is 5.75 Å². The predicted octanol–water partition coefficient (Wildman–Crippen LogP) is 3.81. The molecule has 0 bridgehead atoms. The number of amides is 1. The molecule has 0 aliphatic heterocycles. The third-order valence-electron chi connectivity index (χ3n) is 3.42. The molecule has 0 aliphatic rings. The van der Waals surface area contributed by atoms with E-state index in [1.54, 1.807) is 24.3 Å². The van der Waals surface area contributed by atoms with Gasteiger partial charge in [0.2, 0.25) is 0 Å². The Labute approximate surface area is 136 Å². The lowest BCUT2D eigenvalue weighted by Gasteiger charge is -2.19. The summed E-state index contributed by atoms with van der Waals surface area (Å²) < 4.78 is 5.39. The van der Waals surface area contributed by atoms with E-state index in [-0.39, 0.29) is 17.9 Å². The van der Waals surface area contributed by atoms with Gasteiger partial charge in [-0.1, -0.05) is 32.9 Å². The first-order chi connectivity index (χ1) is 10.9. The van der Waals surface area contributed by atoms with Crippen molar-refractivity contribution in [2.45, 2.75) is 26.2 Å². The maximum atomic E-state index is 11.9. The minimum atomic E-state index is -0.229. The summed E-state index contributed by atoms with van der Waals surface area (Å²) in [5, 5.41) is 2.79. The van der Waals surface area contributed by atoms with Crippen LogP contribution < -0.4 is 10.1 Å². The van der Waals surface area contributed by atoms with E-state index in [0.29, 0.717) is 11.3 Å². The Morgan fingerprint density at radius 2 is 1.65 bits per heavy atom. The van der Waals surface area contributed by atoms with Gasteiger partial charge in [-0.25, -0.2) is 0 Å². The van der Waals surface area contributed by atoms with Gasteiger partial charge in [0.15, 0.2) is 6.61 Å². The number of carbonyl (C=O) groups is 2. The molecule has 23 heavy (non-hydrogen) atoms. The molecule has 0 aliphatic carbocycles. The maximum Gasteiger partial charge on any atom is 0.262 e. The van der Waals surface area contributed by atoms with Crippen LogP contribution >= 0.6 is 0 Å². The summed E-state index contributed by atoms with van der Waals surface area (Å²) in [6.07, 6.45) is 0.762. The van der Waals surface area contributed by atoms with E-state index < -0.39 is 0 Å². The zero-order valence-corrected chi connectivity index (χ0v) is 13.6. The number of nitrogens with one attached hydrogen (secondary N) is 1. The van der Waals surface area contributed by atoms with Crippen LogP contribution in [-0.2, 0) is 10.2 Å². The van der Waals surface area contributed by atoms with Crippen molar-refractivity contribution in [2.24, 2.45) is 0 Å². The molecule has 0 atom stereocenters. The van der Waals surface area contributed by atoms with Crippen molar-refractivity contribution in [3.63, 3.8) is 0 Å². The summed E-state index contributed by atoms with van der Waals surface area (Å²) >= 11 is 0. The van der Waals surface area contributed by atoms with Crippen LogP contribution in [0.1, 0.15) is 36.7 Å². The van der Waals surface area contributed by atoms with Crippen molar-refractivity contribution < 1.29 is 14.3 Å². The minimum absolute atomic E-state index is 0.0819. The maximum absolute atomic E-state index is 11.9. The lowest BCUT2D eigenvalue weighted by atomic mass is 9.87. The van der Waals surface area contributed by atoms with E-state index in [4.69, 9.17) is 4.74 Å². The van der Waals surface area contributed by atoms with Gasteiger partial charge in [-0.2, -0.15) is 0 Å². The summed E-state index contributed by atoms with van der Waals surface area (Å²) in [6.45, 7) is 6.35. The molecule has 0 heterocycles. The van der Waals surface area contributed by atoms with Gasteiger partial charge in [0.25, 0.3) is 5.91 Å². The first-order valence-corrected chi connectivity index (χ1v) is 7.47. The van der Waals surface area contributed by atoms with Crippen molar-refractivity contribution >= 4 is 17.9 Å². The van der Waals surface area contributed by atoms with E-state index >= 15 is 0 Å². The average molecular weight is 311 g/mol. The highest BCUT2D eigenvalue weighted by molar-refractivity contribution is 5.91. The van der Waals surface area contributed by atoms with Crippen molar-refractivity contribution in [2.75, 3.05) is 11.9 Å². The van der Waals surface area contributed by atoms with Crippen LogP contribution in [0.15, 0.2) is 48.5 Å². The van der Waals surface area contributed by atoms with Crippen LogP contribution in [0.25, 0.3) is 0 Å². The largest absolute Gasteiger partial charge is 0.484 e. The Morgan fingerprint density at radius 3 is 2.17 bits per heavy atom. The van der Waals surface area contributed by atoms with E-state index in [0.717, 1.165) is 12.0 Å². The molecule has 0 radical (unpaired) electrons. The SMILES string of the molecule is CC(C)(C)c1ccc(NC(=O)COc2ccc(C=O)cc2)cc1. The molecule has 2 aromatic carbocycles. The van der Waals surface area contributed by atoms with Crippen molar-refractivity contribution in [3.05, 3.63) is 59.7 Å². The Kier molecular flexibility index (Phi) is 5.16. The molecule has 4 heteroatoms. The molecule has 1 amide bonds. The fraction of sp³-hybridized carbons (Fsp3) is 0.263. The molecule has 0 spiro atoms. The summed E-state index contributed by atoms with van der Waals surface area (Å²) in [7, 11) is 0. The third kappa shape index (κ3) is 4.95. The van der Waals surface area contributed by atoms with E-state index in [1.807, 2.05) is 24.3 Å². The number of carbonyl (C=O) groups excluding carboxylic acids is 2. The van der Waals surface area contributed by atoms with Crippen molar-refractivity contribution in [1.82, 2.24) is 0 Å². The van der Waals surface area contributed by atoms with Crippen LogP contribution in [0.4, 0.5) is 5.69 Å². The van der Waals surface area contributed by atoms with Crippen LogP contribution in [0.3, 0.4) is 0 Å². The van der Waals surface area contributed by atoms with Gasteiger partial charge in [-0.15, -0.1) is 0 Å². The summed E-state index contributed by atoms with van der Waals surface area (Å²) in [5.74, 6) is 0.321. The third-order valence-corrected chi connectivity index (χ3v) is 3.42. The molecular weight excluding hydrogens is 290 g/mol. The summed E-state index contributed by atoms with van der Waals surface area (Å²) in [5.41, 5.74) is 2.60. The zero-order valence-electron chi connectivity index (χ0n) is 13.6. The first kappa shape index (κ1) is 16.7. The lowest BCUT2D eigenvalue weighted by molar-refractivity contribution is -0.118. The molecule has 0 aromatic heterocycles. The van der Waals surface area contributed by atoms with Gasteiger partial charge in [0.1, 0.15) is 12.0 Å². The predicted molar refractivity (Wildman–Crippen MR) is 91.1 cm³/mol. The smallest absolute Gasteiger partial charge is 0.262 e. The fourth-order valence-electron chi connectivity index (χ4n) is 2.04. The Bertz CT molecular complexity index is 667. The minimum Gasteiger partial charge on any atom is -0.484 e. The highest BCUT2D eigenvalue weighted by atomic mass is 16.5. The van der Waals surface area contributed by atoms with Gasteiger partial charge in [0.05, 0.1) is 0 Å². The zero-order chi connectivity index (χ0) is 16.9. The topological polar surface area (TPSA) is 55.4 Å². The number of aldehydes is 1. The van der Waals surface area contributed by atoms with E-state index in [2.05, 4.69) is 26.1 Å². The Morgan fingerprint density at radius 1 is 1.04 bits per heavy atom. The van der Waals surface area contributed by atoms with Gasteiger partial charge < -0.3 is 10.1 Å². The second-order valence-electron chi connectivity index (χ2n) is 6.35. The van der Waals surface area contributed by atoms with E-state index in [1.165, 1.54) is 5.56 Å². The van der Waals surface area contributed by atoms with Crippen LogP contribution in [-0.4, -0.2) is 18.8 Å². The van der Waals surface area contributed by atoms with Gasteiger partial charge in [-0.3, -0.25) is 9.59 Å². The number of rotatable bonds is 5. The van der Waals surface area contributed by atoms with Crippen molar-refractivity contribution in [1.29, 1.82) is 0 Å². The van der Waals surface area contributed by atoms with Gasteiger partial charge in [-0.05, 0) is 47.4 Å². The molecule has 0 saturated heterocycles.